The first-order valence-electron chi connectivity index (χ1n) is 9.22. The minimum Gasteiger partial charge on any atom is -0.370 e. The van der Waals surface area contributed by atoms with Crippen molar-refractivity contribution in [2.45, 2.75) is 56.8 Å². The van der Waals surface area contributed by atoms with Crippen molar-refractivity contribution in [3.8, 4) is 10.7 Å². The molecule has 2 amide bonds. The van der Waals surface area contributed by atoms with Crippen molar-refractivity contribution in [2.24, 2.45) is 11.7 Å². The van der Waals surface area contributed by atoms with Crippen LogP contribution < -0.4 is 11.1 Å². The van der Waals surface area contributed by atoms with Gasteiger partial charge in [-0.05, 0) is 30.2 Å². The third-order valence-corrected chi connectivity index (χ3v) is 6.66. The van der Waals surface area contributed by atoms with Gasteiger partial charge in [0.05, 0.1) is 10.6 Å². The molecule has 0 aliphatic heterocycles. The number of primary amides is 1. The summed E-state index contributed by atoms with van der Waals surface area (Å²) in [5, 5.41) is 14.2. The lowest BCUT2D eigenvalue weighted by molar-refractivity contribution is -0.120. The van der Waals surface area contributed by atoms with E-state index in [0.29, 0.717) is 23.4 Å². The van der Waals surface area contributed by atoms with Gasteiger partial charge in [-0.3, -0.25) is 9.59 Å². The molecule has 3 N–H and O–H groups in total. The summed E-state index contributed by atoms with van der Waals surface area (Å²) in [6, 6.07) is 4.17. The van der Waals surface area contributed by atoms with Gasteiger partial charge in [-0.1, -0.05) is 37.6 Å². The number of amides is 2. The molecule has 9 heteroatoms. The highest BCUT2D eigenvalue weighted by atomic mass is 32.2. The summed E-state index contributed by atoms with van der Waals surface area (Å²) < 4.78 is 1.87. The Morgan fingerprint density at radius 3 is 2.89 bits per heavy atom. The van der Waals surface area contributed by atoms with E-state index in [2.05, 4.69) is 22.4 Å². The Morgan fingerprint density at radius 1 is 1.37 bits per heavy atom. The van der Waals surface area contributed by atoms with E-state index >= 15 is 0 Å². The standard InChI is InChI=1S/C18H25N5O2S2/c1-12-5-2-3-6-13(12)20-16(25)11-27-18-22-21-17(14-7-4-10-26-14)23(18)9-8-15(19)24/h4,7,10,12-13H,2-3,5-6,8-9,11H2,1H3,(H2,19,24)(H,20,25)/t12-,13-/m1/s1. The first-order chi connectivity index (χ1) is 13.0. The molecule has 0 spiro atoms. The highest BCUT2D eigenvalue weighted by Crippen LogP contribution is 2.28. The average molecular weight is 408 g/mol. The lowest BCUT2D eigenvalue weighted by Gasteiger charge is -2.29. The van der Waals surface area contributed by atoms with Crippen LogP contribution in [0.3, 0.4) is 0 Å². The van der Waals surface area contributed by atoms with Crippen LogP contribution in [0, 0.1) is 5.92 Å². The fourth-order valence-electron chi connectivity index (χ4n) is 3.32. The number of nitrogens with one attached hydrogen (secondary N) is 1. The van der Waals surface area contributed by atoms with Crippen molar-refractivity contribution < 1.29 is 9.59 Å². The van der Waals surface area contributed by atoms with E-state index < -0.39 is 0 Å². The van der Waals surface area contributed by atoms with Gasteiger partial charge in [0.2, 0.25) is 11.8 Å². The largest absolute Gasteiger partial charge is 0.370 e. The molecule has 146 valence electrons. The molecule has 1 saturated carbocycles. The van der Waals surface area contributed by atoms with Gasteiger partial charge < -0.3 is 15.6 Å². The molecule has 2 heterocycles. The van der Waals surface area contributed by atoms with Crippen LogP contribution in [0.2, 0.25) is 0 Å². The third-order valence-electron chi connectivity index (χ3n) is 4.83. The number of carbonyl (C=O) groups excluding carboxylic acids is 2. The van der Waals surface area contributed by atoms with Crippen molar-refractivity contribution >= 4 is 34.9 Å². The Kier molecular flexibility index (Phi) is 6.89. The summed E-state index contributed by atoms with van der Waals surface area (Å²) in [4.78, 5) is 24.6. The molecule has 1 aliphatic rings. The minimum absolute atomic E-state index is 0.0147. The van der Waals surface area contributed by atoms with E-state index in [-0.39, 0.29) is 30.0 Å². The SMILES string of the molecule is C[C@@H]1CCCC[C@H]1NC(=O)CSc1nnc(-c2cccs2)n1CCC(N)=O. The maximum Gasteiger partial charge on any atom is 0.230 e. The number of hydrogen-bond donors (Lipinski definition) is 2. The van der Waals surface area contributed by atoms with Crippen LogP contribution in [0.1, 0.15) is 39.0 Å². The summed E-state index contributed by atoms with van der Waals surface area (Å²) in [6.45, 7) is 2.60. The van der Waals surface area contributed by atoms with E-state index in [1.54, 1.807) is 11.3 Å². The smallest absolute Gasteiger partial charge is 0.230 e. The maximum atomic E-state index is 12.4. The summed E-state index contributed by atoms with van der Waals surface area (Å²) in [5.74, 6) is 1.15. The Morgan fingerprint density at radius 2 is 2.19 bits per heavy atom. The number of thiophene rings is 1. The van der Waals surface area contributed by atoms with Gasteiger partial charge in [-0.15, -0.1) is 21.5 Å². The molecule has 0 bridgehead atoms. The lowest BCUT2D eigenvalue weighted by atomic mass is 9.86. The van der Waals surface area contributed by atoms with E-state index in [1.807, 2.05) is 22.1 Å². The van der Waals surface area contributed by atoms with E-state index in [9.17, 15) is 9.59 Å². The predicted octanol–water partition coefficient (Wildman–Crippen LogP) is 2.67. The van der Waals surface area contributed by atoms with Crippen molar-refractivity contribution in [3.05, 3.63) is 17.5 Å². The van der Waals surface area contributed by atoms with Gasteiger partial charge >= 0.3 is 0 Å². The number of hydrogen-bond acceptors (Lipinski definition) is 6. The molecule has 0 radical (unpaired) electrons. The number of nitrogens with two attached hydrogens (primary N) is 1. The van der Waals surface area contributed by atoms with Crippen molar-refractivity contribution in [2.75, 3.05) is 5.75 Å². The molecule has 0 saturated heterocycles. The van der Waals surface area contributed by atoms with Crippen LogP contribution in [0.25, 0.3) is 10.7 Å². The first-order valence-corrected chi connectivity index (χ1v) is 11.1. The van der Waals surface area contributed by atoms with Gasteiger partial charge in [-0.25, -0.2) is 0 Å². The molecule has 2 aromatic rings. The topological polar surface area (TPSA) is 103 Å². The fraction of sp³-hybridized carbons (Fsp3) is 0.556. The summed E-state index contributed by atoms with van der Waals surface area (Å²) in [5.41, 5.74) is 5.31. The zero-order chi connectivity index (χ0) is 19.2. The molecule has 0 unspecified atom stereocenters. The molecule has 2 atom stereocenters. The summed E-state index contributed by atoms with van der Waals surface area (Å²) in [7, 11) is 0. The molecule has 0 aromatic carbocycles. The normalized spacial score (nSPS) is 19.7. The Hall–Kier alpha value is -1.87. The van der Waals surface area contributed by atoms with Crippen molar-refractivity contribution in [1.82, 2.24) is 20.1 Å². The van der Waals surface area contributed by atoms with Crippen LogP contribution >= 0.6 is 23.1 Å². The van der Waals surface area contributed by atoms with Crippen LogP contribution in [0.15, 0.2) is 22.7 Å². The van der Waals surface area contributed by atoms with Crippen molar-refractivity contribution in [3.63, 3.8) is 0 Å². The van der Waals surface area contributed by atoms with Crippen LogP contribution in [0.4, 0.5) is 0 Å². The lowest BCUT2D eigenvalue weighted by Crippen LogP contribution is -2.41. The van der Waals surface area contributed by atoms with E-state index in [0.717, 1.165) is 11.3 Å². The van der Waals surface area contributed by atoms with Gasteiger partial charge in [0.1, 0.15) is 0 Å². The molecule has 3 rings (SSSR count). The predicted molar refractivity (Wildman–Crippen MR) is 107 cm³/mol. The zero-order valence-corrected chi connectivity index (χ0v) is 17.0. The highest BCUT2D eigenvalue weighted by molar-refractivity contribution is 7.99. The number of nitrogens with zero attached hydrogens (tertiary/aromatic N) is 3. The molecule has 1 fully saturated rings. The van der Waals surface area contributed by atoms with Crippen molar-refractivity contribution in [1.29, 1.82) is 0 Å². The first kappa shape index (κ1) is 19.9. The summed E-state index contributed by atoms with van der Waals surface area (Å²) >= 11 is 2.90. The van der Waals surface area contributed by atoms with Gasteiger partial charge in [0.25, 0.3) is 0 Å². The Bertz CT molecular complexity index is 775. The molecule has 1 aliphatic carbocycles. The molecular weight excluding hydrogens is 382 g/mol. The number of aromatic nitrogens is 3. The van der Waals surface area contributed by atoms with Crippen LogP contribution in [-0.2, 0) is 16.1 Å². The molecule has 2 aromatic heterocycles. The second-order valence-corrected chi connectivity index (χ2v) is 8.77. The minimum atomic E-state index is -0.374. The zero-order valence-electron chi connectivity index (χ0n) is 15.4. The fourth-order valence-corrected chi connectivity index (χ4v) is 4.81. The quantitative estimate of drug-likeness (QED) is 0.655. The molecule has 7 nitrogen and oxygen atoms in total. The van der Waals surface area contributed by atoms with E-state index in [1.165, 1.54) is 31.0 Å². The monoisotopic (exact) mass is 407 g/mol. The van der Waals surface area contributed by atoms with Crippen LogP contribution in [0.5, 0.6) is 0 Å². The van der Waals surface area contributed by atoms with Gasteiger partial charge in [-0.2, -0.15) is 0 Å². The average Bonchev–Trinajstić information content (AvgIpc) is 3.29. The van der Waals surface area contributed by atoms with E-state index in [4.69, 9.17) is 5.73 Å². The second-order valence-electron chi connectivity index (χ2n) is 6.88. The number of rotatable bonds is 8. The highest BCUT2D eigenvalue weighted by Gasteiger charge is 2.23. The molecule has 27 heavy (non-hydrogen) atoms. The Balaban J connectivity index is 1.65. The maximum absolute atomic E-state index is 12.4. The second kappa shape index (κ2) is 9.36. The third kappa shape index (κ3) is 5.32. The number of thioether (sulfide) groups is 1. The van der Waals surface area contributed by atoms with Gasteiger partial charge in [0, 0.05) is 19.0 Å². The van der Waals surface area contributed by atoms with Crippen LogP contribution in [-0.4, -0.2) is 38.4 Å². The summed E-state index contributed by atoms with van der Waals surface area (Å²) in [6.07, 6.45) is 4.85. The number of carbonyl (C=O) groups is 2. The molecular formula is C18H25N5O2S2. The van der Waals surface area contributed by atoms with Gasteiger partial charge in [0.15, 0.2) is 11.0 Å². The Labute approximate surface area is 167 Å².